The topological polar surface area (TPSA) is 102 Å². The molecule has 0 bridgehead atoms. The van der Waals surface area contributed by atoms with E-state index >= 15 is 0 Å². The van der Waals surface area contributed by atoms with Crippen LogP contribution in [0, 0.1) is 20.8 Å². The van der Waals surface area contributed by atoms with Gasteiger partial charge in [0.1, 0.15) is 6.33 Å². The summed E-state index contributed by atoms with van der Waals surface area (Å²) in [6, 6.07) is 9.74. The molecule has 0 saturated carbocycles. The summed E-state index contributed by atoms with van der Waals surface area (Å²) in [7, 11) is 1.84. The first-order valence-corrected chi connectivity index (χ1v) is 13.2. The van der Waals surface area contributed by atoms with Gasteiger partial charge in [-0.05, 0) is 50.1 Å². The van der Waals surface area contributed by atoms with Gasteiger partial charge in [0.15, 0.2) is 9.50 Å². The van der Waals surface area contributed by atoms with Gasteiger partial charge in [-0.3, -0.25) is 9.59 Å². The van der Waals surface area contributed by atoms with Crippen molar-refractivity contribution in [3.8, 4) is 0 Å². The third kappa shape index (κ3) is 5.96. The monoisotopic (exact) mass is 512 g/mol. The number of nitrogens with zero attached hydrogens (tertiary/aromatic N) is 4. The van der Waals surface area contributed by atoms with E-state index in [1.807, 2.05) is 46.0 Å². The molecular weight excluding hydrogens is 488 g/mol. The molecular formula is C23H24N6O2S3. The maximum absolute atomic E-state index is 12.5. The maximum atomic E-state index is 12.5. The lowest BCUT2D eigenvalue weighted by Gasteiger charge is -2.12. The molecule has 0 aliphatic carbocycles. The minimum atomic E-state index is -0.121. The molecule has 4 aromatic rings. The molecule has 2 aromatic heterocycles. The highest BCUT2D eigenvalue weighted by atomic mass is 32.2. The number of carbonyl (C=O) groups is 2. The fourth-order valence-corrected chi connectivity index (χ4v) is 6.05. The summed E-state index contributed by atoms with van der Waals surface area (Å²) in [5.74, 6) is 0.330. The third-order valence-electron chi connectivity index (χ3n) is 4.92. The van der Waals surface area contributed by atoms with Crippen LogP contribution in [0.1, 0.15) is 16.7 Å². The van der Waals surface area contributed by atoms with E-state index in [0.29, 0.717) is 10.8 Å². The van der Waals surface area contributed by atoms with Crippen LogP contribution in [0.5, 0.6) is 0 Å². The van der Waals surface area contributed by atoms with Crippen LogP contribution in [0.15, 0.2) is 46.2 Å². The average Bonchev–Trinajstić information content (AvgIpc) is 3.38. The molecule has 0 aliphatic rings. The summed E-state index contributed by atoms with van der Waals surface area (Å²) in [5, 5.41) is 14.4. The van der Waals surface area contributed by atoms with Gasteiger partial charge in [0, 0.05) is 18.4 Å². The number of hydrogen-bond acceptors (Lipinski definition) is 8. The molecule has 0 radical (unpaired) electrons. The zero-order valence-electron chi connectivity index (χ0n) is 19.2. The molecule has 34 heavy (non-hydrogen) atoms. The second-order valence-corrected chi connectivity index (χ2v) is 11.0. The van der Waals surface area contributed by atoms with Crippen molar-refractivity contribution in [1.29, 1.82) is 0 Å². The molecule has 0 atom stereocenters. The van der Waals surface area contributed by atoms with Crippen LogP contribution in [0.4, 0.5) is 11.4 Å². The molecule has 0 saturated heterocycles. The molecule has 11 heteroatoms. The lowest BCUT2D eigenvalue weighted by molar-refractivity contribution is -0.114. The number of thiazole rings is 1. The summed E-state index contributed by atoms with van der Waals surface area (Å²) < 4.78 is 3.53. The number of rotatable bonds is 8. The van der Waals surface area contributed by atoms with Crippen LogP contribution >= 0.6 is 34.9 Å². The summed E-state index contributed by atoms with van der Waals surface area (Å²) in [6.07, 6.45) is 1.60. The normalized spacial score (nSPS) is 11.1. The Labute approximate surface area is 210 Å². The molecule has 176 valence electrons. The van der Waals surface area contributed by atoms with Gasteiger partial charge in [0.25, 0.3) is 0 Å². The van der Waals surface area contributed by atoms with E-state index in [1.165, 1.54) is 40.4 Å². The summed E-state index contributed by atoms with van der Waals surface area (Å²) in [5.41, 5.74) is 5.71. The number of fused-ring (bicyclic) bond motifs is 1. The zero-order valence-corrected chi connectivity index (χ0v) is 21.7. The Morgan fingerprint density at radius 2 is 1.71 bits per heavy atom. The Bertz CT molecular complexity index is 1340. The number of aromatic nitrogens is 4. The first-order valence-electron chi connectivity index (χ1n) is 10.5. The summed E-state index contributed by atoms with van der Waals surface area (Å²) in [4.78, 5) is 29.4. The molecule has 0 unspecified atom stereocenters. The highest BCUT2D eigenvalue weighted by Crippen LogP contribution is 2.32. The van der Waals surface area contributed by atoms with Gasteiger partial charge in [-0.15, -0.1) is 21.5 Å². The molecule has 2 aromatic carbocycles. The first-order chi connectivity index (χ1) is 16.3. The van der Waals surface area contributed by atoms with Crippen molar-refractivity contribution < 1.29 is 9.59 Å². The molecule has 8 nitrogen and oxygen atoms in total. The van der Waals surface area contributed by atoms with Gasteiger partial charge in [-0.2, -0.15) is 0 Å². The lowest BCUT2D eigenvalue weighted by atomic mass is 10.1. The van der Waals surface area contributed by atoms with Crippen molar-refractivity contribution in [2.75, 3.05) is 22.1 Å². The Balaban J connectivity index is 1.33. The van der Waals surface area contributed by atoms with Crippen LogP contribution in [-0.2, 0) is 16.6 Å². The van der Waals surface area contributed by atoms with E-state index in [1.54, 1.807) is 10.9 Å². The van der Waals surface area contributed by atoms with E-state index < -0.39 is 0 Å². The van der Waals surface area contributed by atoms with Gasteiger partial charge in [-0.1, -0.05) is 41.2 Å². The number of nitrogens with one attached hydrogen (secondary N) is 2. The molecule has 4 rings (SSSR count). The highest BCUT2D eigenvalue weighted by Gasteiger charge is 2.12. The molecule has 0 aliphatic heterocycles. The van der Waals surface area contributed by atoms with Gasteiger partial charge in [0.05, 0.1) is 21.7 Å². The molecule has 2 heterocycles. The summed E-state index contributed by atoms with van der Waals surface area (Å²) >= 11 is 4.23. The van der Waals surface area contributed by atoms with E-state index in [9.17, 15) is 9.59 Å². The Morgan fingerprint density at radius 3 is 2.41 bits per heavy atom. The molecule has 0 spiro atoms. The number of amides is 2. The van der Waals surface area contributed by atoms with Crippen molar-refractivity contribution in [2.45, 2.75) is 30.3 Å². The van der Waals surface area contributed by atoms with Crippen LogP contribution in [-0.4, -0.2) is 43.1 Å². The standard InChI is InChI=1S/C23H24N6O2S3/c1-13-7-14(2)21(15(3)8-13)27-20(31)11-33-23-26-17-6-5-16(9-18(17)34-23)25-19(30)10-32-22-28-24-12-29(22)4/h5-9,12H,10-11H2,1-4H3,(H,25,30)(H,27,31). The van der Waals surface area contributed by atoms with Crippen LogP contribution in [0.25, 0.3) is 10.2 Å². The summed E-state index contributed by atoms with van der Waals surface area (Å²) in [6.45, 7) is 6.05. The number of anilines is 2. The van der Waals surface area contributed by atoms with Crippen LogP contribution in [0.2, 0.25) is 0 Å². The number of carbonyl (C=O) groups excluding carboxylic acids is 2. The minimum Gasteiger partial charge on any atom is -0.325 e. The fraction of sp³-hybridized carbons (Fsp3) is 0.261. The molecule has 0 fully saturated rings. The highest BCUT2D eigenvalue weighted by molar-refractivity contribution is 8.01. The average molecular weight is 513 g/mol. The van der Waals surface area contributed by atoms with Gasteiger partial charge < -0.3 is 15.2 Å². The van der Waals surface area contributed by atoms with Crippen molar-refractivity contribution in [1.82, 2.24) is 19.7 Å². The maximum Gasteiger partial charge on any atom is 0.234 e. The van der Waals surface area contributed by atoms with Crippen molar-refractivity contribution in [3.63, 3.8) is 0 Å². The van der Waals surface area contributed by atoms with Gasteiger partial charge in [-0.25, -0.2) is 4.98 Å². The fourth-order valence-electron chi connectivity index (χ4n) is 3.45. The quantitative estimate of drug-likeness (QED) is 0.327. The van der Waals surface area contributed by atoms with E-state index in [4.69, 9.17) is 0 Å². The second kappa shape index (κ2) is 10.6. The van der Waals surface area contributed by atoms with Gasteiger partial charge in [0.2, 0.25) is 11.8 Å². The van der Waals surface area contributed by atoms with Crippen molar-refractivity contribution in [3.05, 3.63) is 53.3 Å². The molecule has 2 amide bonds. The van der Waals surface area contributed by atoms with Gasteiger partial charge >= 0.3 is 0 Å². The predicted octanol–water partition coefficient (Wildman–Crippen LogP) is 4.81. The Kier molecular flexibility index (Phi) is 7.54. The predicted molar refractivity (Wildman–Crippen MR) is 140 cm³/mol. The smallest absolute Gasteiger partial charge is 0.234 e. The lowest BCUT2D eigenvalue weighted by Crippen LogP contribution is -2.15. The van der Waals surface area contributed by atoms with E-state index in [0.717, 1.165) is 31.4 Å². The van der Waals surface area contributed by atoms with E-state index in [2.05, 4.69) is 37.9 Å². The third-order valence-corrected chi connectivity index (χ3v) is 8.12. The second-order valence-electron chi connectivity index (χ2n) is 7.83. The van der Waals surface area contributed by atoms with Crippen molar-refractivity contribution in [2.24, 2.45) is 7.05 Å². The first kappa shape index (κ1) is 24.2. The Morgan fingerprint density at radius 1 is 1.00 bits per heavy atom. The Hall–Kier alpha value is -2.89. The number of benzene rings is 2. The number of hydrogen-bond donors (Lipinski definition) is 2. The minimum absolute atomic E-state index is 0.0623. The molecule has 2 N–H and O–H groups in total. The largest absolute Gasteiger partial charge is 0.325 e. The van der Waals surface area contributed by atoms with E-state index in [-0.39, 0.29) is 23.3 Å². The number of thioether (sulfide) groups is 2. The SMILES string of the molecule is Cc1cc(C)c(NC(=O)CSc2nc3ccc(NC(=O)CSc4nncn4C)cc3s2)c(C)c1. The number of aryl methyl sites for hydroxylation is 4. The van der Waals surface area contributed by atoms with Crippen molar-refractivity contribution >= 4 is 68.3 Å². The zero-order chi connectivity index (χ0) is 24.2. The van der Waals surface area contributed by atoms with Crippen LogP contribution in [0.3, 0.4) is 0 Å². The van der Waals surface area contributed by atoms with Crippen LogP contribution < -0.4 is 10.6 Å².